The van der Waals surface area contributed by atoms with E-state index < -0.39 is 22.4 Å². The molecular weight excluding hydrogens is 332 g/mol. The van der Waals surface area contributed by atoms with E-state index in [1.807, 2.05) is 0 Å². The lowest BCUT2D eigenvalue weighted by Gasteiger charge is -2.11. The molecule has 24 heavy (non-hydrogen) atoms. The van der Waals surface area contributed by atoms with E-state index in [0.717, 1.165) is 0 Å². The van der Waals surface area contributed by atoms with Gasteiger partial charge in [0, 0.05) is 33.5 Å². The van der Waals surface area contributed by atoms with Crippen LogP contribution in [0.1, 0.15) is 12.5 Å². The summed E-state index contributed by atoms with van der Waals surface area (Å²) in [5.41, 5.74) is 0.913. The number of benzene rings is 2. The van der Waals surface area contributed by atoms with Crippen molar-refractivity contribution < 1.29 is 17.7 Å². The van der Waals surface area contributed by atoms with Gasteiger partial charge < -0.3 is 4.74 Å². The Balaban J connectivity index is 2.09. The average molecular weight is 347 g/mol. The average Bonchev–Trinajstić information content (AvgIpc) is 2.59. The third kappa shape index (κ3) is 3.01. The van der Waals surface area contributed by atoms with E-state index in [1.54, 1.807) is 37.4 Å². The summed E-state index contributed by atoms with van der Waals surface area (Å²) in [4.78, 5) is 4.81. The Morgan fingerprint density at radius 1 is 1.08 bits per heavy atom. The molecule has 1 aromatic heterocycles. The van der Waals surface area contributed by atoms with Crippen LogP contribution in [0.25, 0.3) is 10.9 Å². The lowest BCUT2D eigenvalue weighted by molar-refractivity contribution is 0.415. The van der Waals surface area contributed by atoms with Crippen molar-refractivity contribution in [3.8, 4) is 11.5 Å². The fraction of sp³-hybridized carbons (Fsp3) is 0.167. The van der Waals surface area contributed by atoms with Crippen LogP contribution in [0, 0.1) is 11.6 Å². The van der Waals surface area contributed by atoms with Gasteiger partial charge in [0.2, 0.25) is 5.82 Å². The van der Waals surface area contributed by atoms with Crippen molar-refractivity contribution >= 4 is 21.7 Å². The van der Waals surface area contributed by atoms with Crippen molar-refractivity contribution in [3.05, 3.63) is 59.8 Å². The molecule has 3 rings (SSSR count). The molecule has 1 heterocycles. The molecule has 0 N–H and O–H groups in total. The van der Waals surface area contributed by atoms with Gasteiger partial charge in [-0.15, -0.1) is 0 Å². The molecule has 0 bridgehead atoms. The van der Waals surface area contributed by atoms with Gasteiger partial charge in [0.25, 0.3) is 0 Å². The molecule has 0 spiro atoms. The number of hydrogen-bond acceptors (Lipinski definition) is 3. The first-order chi connectivity index (χ1) is 11.5. The van der Waals surface area contributed by atoms with Crippen molar-refractivity contribution in [2.75, 3.05) is 6.26 Å². The van der Waals surface area contributed by atoms with Crippen molar-refractivity contribution in [2.24, 2.45) is 0 Å². The molecule has 0 radical (unpaired) electrons. The van der Waals surface area contributed by atoms with Crippen LogP contribution in [0.2, 0.25) is 0 Å². The molecule has 3 nitrogen and oxygen atoms in total. The summed E-state index contributed by atoms with van der Waals surface area (Å²) < 4.78 is 45.4. The Kier molecular flexibility index (Phi) is 4.57. The molecule has 0 aliphatic carbocycles. The number of pyridine rings is 1. The summed E-state index contributed by atoms with van der Waals surface area (Å²) >= 11 is 0. The number of ether oxygens (including phenoxy) is 1. The standard InChI is InChI=1S/C18H15F2NO2S/c1-3-11-4-7-16(18(20)17(11)19)23-15-8-9-21-14-6-5-12(24(2)22)10-13(14)15/h4-10H,3H2,1-2H3. The second kappa shape index (κ2) is 6.65. The van der Waals surface area contributed by atoms with Gasteiger partial charge in [-0.05, 0) is 42.3 Å². The quantitative estimate of drug-likeness (QED) is 0.692. The Morgan fingerprint density at radius 3 is 2.58 bits per heavy atom. The first-order valence-corrected chi connectivity index (χ1v) is 8.94. The first-order valence-electron chi connectivity index (χ1n) is 7.38. The molecular formula is C18H15F2NO2S. The number of fused-ring (bicyclic) bond motifs is 1. The predicted octanol–water partition coefficient (Wildman–Crippen LogP) is 4.61. The van der Waals surface area contributed by atoms with E-state index in [9.17, 15) is 13.0 Å². The van der Waals surface area contributed by atoms with Crippen LogP contribution in [0.5, 0.6) is 11.5 Å². The van der Waals surface area contributed by atoms with E-state index in [0.29, 0.717) is 33.5 Å². The Bertz CT molecular complexity index is 944. The minimum Gasteiger partial charge on any atom is -0.453 e. The number of rotatable bonds is 4. The van der Waals surface area contributed by atoms with Crippen molar-refractivity contribution in [3.63, 3.8) is 0 Å². The Labute approximate surface area is 140 Å². The van der Waals surface area contributed by atoms with Gasteiger partial charge in [-0.1, -0.05) is 13.0 Å². The number of aryl methyl sites for hydroxylation is 1. The number of aromatic nitrogens is 1. The Hall–Kier alpha value is -2.34. The molecule has 0 aliphatic heterocycles. The maximum atomic E-state index is 14.2. The third-order valence-corrected chi connectivity index (χ3v) is 4.65. The number of halogens is 2. The molecule has 0 saturated heterocycles. The fourth-order valence-corrected chi connectivity index (χ4v) is 2.95. The van der Waals surface area contributed by atoms with Crippen LogP contribution >= 0.6 is 0 Å². The van der Waals surface area contributed by atoms with Gasteiger partial charge in [0.05, 0.1) is 5.52 Å². The van der Waals surface area contributed by atoms with E-state index in [4.69, 9.17) is 4.74 Å². The third-order valence-electron chi connectivity index (χ3n) is 3.73. The van der Waals surface area contributed by atoms with Gasteiger partial charge in [0.1, 0.15) is 5.75 Å². The second-order valence-electron chi connectivity index (χ2n) is 5.25. The van der Waals surface area contributed by atoms with E-state index >= 15 is 0 Å². The maximum absolute atomic E-state index is 14.2. The van der Waals surface area contributed by atoms with E-state index in [2.05, 4.69) is 4.98 Å². The van der Waals surface area contributed by atoms with Crippen LogP contribution in [0.15, 0.2) is 47.5 Å². The molecule has 0 fully saturated rings. The molecule has 0 amide bonds. The molecule has 0 saturated carbocycles. The van der Waals surface area contributed by atoms with Crippen molar-refractivity contribution in [1.82, 2.24) is 4.98 Å². The molecule has 2 aromatic carbocycles. The summed E-state index contributed by atoms with van der Waals surface area (Å²) in [6, 6.07) is 9.59. The van der Waals surface area contributed by atoms with Gasteiger partial charge >= 0.3 is 0 Å². The highest BCUT2D eigenvalue weighted by Gasteiger charge is 2.15. The highest BCUT2D eigenvalue weighted by Crippen LogP contribution is 2.32. The second-order valence-corrected chi connectivity index (χ2v) is 6.63. The van der Waals surface area contributed by atoms with Crippen LogP contribution in [0.3, 0.4) is 0 Å². The molecule has 124 valence electrons. The highest BCUT2D eigenvalue weighted by molar-refractivity contribution is 7.84. The summed E-state index contributed by atoms with van der Waals surface area (Å²) in [5, 5.41) is 0.588. The summed E-state index contributed by atoms with van der Waals surface area (Å²) in [6.07, 6.45) is 3.48. The summed E-state index contributed by atoms with van der Waals surface area (Å²) in [5.74, 6) is -1.78. The normalized spacial score (nSPS) is 12.3. The lowest BCUT2D eigenvalue weighted by Crippen LogP contribution is -1.97. The summed E-state index contributed by atoms with van der Waals surface area (Å²) in [7, 11) is -1.17. The van der Waals surface area contributed by atoms with Crippen LogP contribution < -0.4 is 4.74 Å². The molecule has 0 aliphatic rings. The SMILES string of the molecule is CCc1ccc(Oc2ccnc3ccc(S(C)=O)cc23)c(F)c1F. The Morgan fingerprint density at radius 2 is 1.88 bits per heavy atom. The van der Waals surface area contributed by atoms with Gasteiger partial charge in [-0.3, -0.25) is 9.19 Å². The topological polar surface area (TPSA) is 39.2 Å². The van der Waals surface area contributed by atoms with Crippen LogP contribution in [-0.4, -0.2) is 15.4 Å². The fourth-order valence-electron chi connectivity index (χ4n) is 2.41. The lowest BCUT2D eigenvalue weighted by atomic mass is 10.1. The monoisotopic (exact) mass is 347 g/mol. The van der Waals surface area contributed by atoms with Gasteiger partial charge in [0.15, 0.2) is 11.6 Å². The largest absolute Gasteiger partial charge is 0.453 e. The van der Waals surface area contributed by atoms with Crippen molar-refractivity contribution in [1.29, 1.82) is 0 Å². The molecule has 1 atom stereocenters. The number of nitrogens with zero attached hydrogens (tertiary/aromatic N) is 1. The number of hydrogen-bond donors (Lipinski definition) is 0. The molecule has 6 heteroatoms. The zero-order valence-electron chi connectivity index (χ0n) is 13.2. The first kappa shape index (κ1) is 16.5. The zero-order chi connectivity index (χ0) is 17.3. The highest BCUT2D eigenvalue weighted by atomic mass is 32.2. The van der Waals surface area contributed by atoms with E-state index in [-0.39, 0.29) is 5.75 Å². The minimum absolute atomic E-state index is 0.194. The van der Waals surface area contributed by atoms with Crippen molar-refractivity contribution in [2.45, 2.75) is 18.2 Å². The molecule has 1 unspecified atom stereocenters. The molecule has 3 aromatic rings. The van der Waals surface area contributed by atoms with Gasteiger partial charge in [-0.2, -0.15) is 4.39 Å². The van der Waals surface area contributed by atoms with E-state index in [1.165, 1.54) is 18.3 Å². The van der Waals surface area contributed by atoms with Crippen LogP contribution in [0.4, 0.5) is 8.78 Å². The minimum atomic E-state index is -1.17. The smallest absolute Gasteiger partial charge is 0.201 e. The summed E-state index contributed by atoms with van der Waals surface area (Å²) in [6.45, 7) is 1.75. The predicted molar refractivity (Wildman–Crippen MR) is 89.9 cm³/mol. The van der Waals surface area contributed by atoms with Gasteiger partial charge in [-0.25, -0.2) is 4.39 Å². The zero-order valence-corrected chi connectivity index (χ0v) is 14.0. The van der Waals surface area contributed by atoms with Crippen LogP contribution in [-0.2, 0) is 17.2 Å². The maximum Gasteiger partial charge on any atom is 0.201 e.